The molecule has 0 saturated carbocycles. The molecule has 1 aliphatic heterocycles. The van der Waals surface area contributed by atoms with Crippen molar-refractivity contribution in [3.8, 4) is 11.6 Å². The zero-order valence-electron chi connectivity index (χ0n) is 16.5. The number of aromatic nitrogens is 5. The van der Waals surface area contributed by atoms with Crippen LogP contribution in [0.4, 0.5) is 0 Å². The minimum Gasteiger partial charge on any atom is -0.435 e. The highest BCUT2D eigenvalue weighted by Gasteiger charge is 2.26. The van der Waals surface area contributed by atoms with Gasteiger partial charge in [0.15, 0.2) is 5.75 Å². The molecule has 4 rings (SSSR count). The van der Waals surface area contributed by atoms with Gasteiger partial charge in [0.2, 0.25) is 5.88 Å². The number of pyridine rings is 1. The van der Waals surface area contributed by atoms with Gasteiger partial charge in [-0.1, -0.05) is 0 Å². The lowest BCUT2D eigenvalue weighted by molar-refractivity contribution is 0.196. The summed E-state index contributed by atoms with van der Waals surface area (Å²) < 4.78 is 8.07. The van der Waals surface area contributed by atoms with Crippen LogP contribution in [-0.2, 0) is 13.1 Å². The molecule has 4 heterocycles. The summed E-state index contributed by atoms with van der Waals surface area (Å²) >= 11 is 0. The maximum atomic E-state index is 6.10. The molecule has 1 aliphatic rings. The first-order chi connectivity index (χ1) is 13.7. The standard InChI is InChI=1S/C21H26N6O/c1-3-27-14-17(12-25-27)13-26-11-5-6-18(15-26)20-21(24-10-9-23-20)28-19-7-4-8-22-16(19)2/h4,7-10,12,14,18H,3,5-6,11,13,15H2,1-2H3/t18-/m0/s1. The predicted octanol–water partition coefficient (Wildman–Crippen LogP) is 3.57. The van der Waals surface area contributed by atoms with E-state index in [9.17, 15) is 0 Å². The zero-order valence-corrected chi connectivity index (χ0v) is 16.5. The molecule has 0 radical (unpaired) electrons. The number of likely N-dealkylation sites (tertiary alicyclic amines) is 1. The number of ether oxygens (including phenoxy) is 1. The summed E-state index contributed by atoms with van der Waals surface area (Å²) in [5.41, 5.74) is 3.03. The van der Waals surface area contributed by atoms with Crippen LogP contribution in [0.1, 0.15) is 42.6 Å². The van der Waals surface area contributed by atoms with Gasteiger partial charge in [-0.3, -0.25) is 19.5 Å². The van der Waals surface area contributed by atoms with Gasteiger partial charge < -0.3 is 4.74 Å². The van der Waals surface area contributed by atoms with Crippen LogP contribution in [-0.4, -0.2) is 42.7 Å². The Hall–Kier alpha value is -2.80. The highest BCUT2D eigenvalue weighted by molar-refractivity contribution is 5.33. The lowest BCUT2D eigenvalue weighted by Gasteiger charge is -2.32. The number of rotatable bonds is 6. The van der Waals surface area contributed by atoms with Gasteiger partial charge in [0.05, 0.1) is 11.9 Å². The second-order valence-electron chi connectivity index (χ2n) is 7.21. The van der Waals surface area contributed by atoms with E-state index in [0.29, 0.717) is 11.8 Å². The van der Waals surface area contributed by atoms with Crippen molar-refractivity contribution in [3.63, 3.8) is 0 Å². The highest BCUT2D eigenvalue weighted by Crippen LogP contribution is 2.33. The van der Waals surface area contributed by atoms with Crippen molar-refractivity contribution in [2.75, 3.05) is 13.1 Å². The Bertz CT molecular complexity index is 925. The third kappa shape index (κ3) is 4.20. The van der Waals surface area contributed by atoms with Crippen molar-refractivity contribution in [1.29, 1.82) is 0 Å². The van der Waals surface area contributed by atoms with Crippen LogP contribution in [0.25, 0.3) is 0 Å². The summed E-state index contributed by atoms with van der Waals surface area (Å²) in [6.07, 6.45) is 11.5. The van der Waals surface area contributed by atoms with Crippen molar-refractivity contribution < 1.29 is 4.74 Å². The molecule has 0 aromatic carbocycles. The van der Waals surface area contributed by atoms with Gasteiger partial charge in [0, 0.05) is 55.9 Å². The normalized spacial score (nSPS) is 17.6. The van der Waals surface area contributed by atoms with Gasteiger partial charge >= 0.3 is 0 Å². The van der Waals surface area contributed by atoms with Crippen molar-refractivity contribution in [2.24, 2.45) is 0 Å². The number of piperidine rings is 1. The Morgan fingerprint density at radius 2 is 2.07 bits per heavy atom. The van der Waals surface area contributed by atoms with Crippen LogP contribution in [0.2, 0.25) is 0 Å². The smallest absolute Gasteiger partial charge is 0.241 e. The molecule has 3 aromatic heterocycles. The summed E-state index contributed by atoms with van der Waals surface area (Å²) in [6, 6.07) is 3.79. The number of hydrogen-bond donors (Lipinski definition) is 0. The molecule has 0 N–H and O–H groups in total. The molecule has 0 bridgehead atoms. The summed E-state index contributed by atoms with van der Waals surface area (Å²) in [7, 11) is 0. The van der Waals surface area contributed by atoms with E-state index in [1.807, 2.05) is 29.9 Å². The van der Waals surface area contributed by atoms with E-state index in [0.717, 1.165) is 56.2 Å². The van der Waals surface area contributed by atoms with Crippen molar-refractivity contribution >= 4 is 0 Å². The van der Waals surface area contributed by atoms with Gasteiger partial charge in [0.1, 0.15) is 5.69 Å². The van der Waals surface area contributed by atoms with Crippen molar-refractivity contribution in [1.82, 2.24) is 29.6 Å². The van der Waals surface area contributed by atoms with E-state index >= 15 is 0 Å². The molecule has 0 amide bonds. The summed E-state index contributed by atoms with van der Waals surface area (Å²) in [6.45, 7) is 7.88. The summed E-state index contributed by atoms with van der Waals surface area (Å²) in [5.74, 6) is 1.61. The topological polar surface area (TPSA) is 69.0 Å². The average molecular weight is 378 g/mol. The Morgan fingerprint density at radius 3 is 2.89 bits per heavy atom. The largest absolute Gasteiger partial charge is 0.435 e. The van der Waals surface area contributed by atoms with E-state index in [1.54, 1.807) is 18.6 Å². The highest BCUT2D eigenvalue weighted by atomic mass is 16.5. The second kappa shape index (κ2) is 8.48. The van der Waals surface area contributed by atoms with Crippen LogP contribution in [0.15, 0.2) is 43.1 Å². The first-order valence-electron chi connectivity index (χ1n) is 9.87. The van der Waals surface area contributed by atoms with E-state index in [-0.39, 0.29) is 0 Å². The van der Waals surface area contributed by atoms with E-state index < -0.39 is 0 Å². The maximum Gasteiger partial charge on any atom is 0.241 e. The lowest BCUT2D eigenvalue weighted by atomic mass is 9.94. The third-order valence-corrected chi connectivity index (χ3v) is 5.17. The molecule has 0 unspecified atom stereocenters. The van der Waals surface area contributed by atoms with Gasteiger partial charge in [-0.2, -0.15) is 5.10 Å². The summed E-state index contributed by atoms with van der Waals surface area (Å²) in [5, 5.41) is 4.39. The first-order valence-corrected chi connectivity index (χ1v) is 9.87. The molecule has 3 aromatic rings. The molecule has 1 fully saturated rings. The monoisotopic (exact) mass is 378 g/mol. The Kier molecular flexibility index (Phi) is 5.62. The quantitative estimate of drug-likeness (QED) is 0.653. The van der Waals surface area contributed by atoms with Gasteiger partial charge in [-0.25, -0.2) is 4.98 Å². The molecular weight excluding hydrogens is 352 g/mol. The average Bonchev–Trinajstić information content (AvgIpc) is 3.18. The third-order valence-electron chi connectivity index (χ3n) is 5.17. The fourth-order valence-corrected chi connectivity index (χ4v) is 3.72. The number of nitrogens with zero attached hydrogens (tertiary/aromatic N) is 6. The van der Waals surface area contributed by atoms with E-state index in [4.69, 9.17) is 4.74 Å². The fraction of sp³-hybridized carbons (Fsp3) is 0.429. The van der Waals surface area contributed by atoms with Crippen LogP contribution in [0.3, 0.4) is 0 Å². The van der Waals surface area contributed by atoms with E-state index in [2.05, 4.69) is 38.1 Å². The summed E-state index contributed by atoms with van der Waals surface area (Å²) in [4.78, 5) is 15.9. The molecule has 1 saturated heterocycles. The van der Waals surface area contributed by atoms with Crippen molar-refractivity contribution in [2.45, 2.75) is 45.7 Å². The Morgan fingerprint density at radius 1 is 1.18 bits per heavy atom. The van der Waals surface area contributed by atoms with Crippen LogP contribution in [0.5, 0.6) is 11.6 Å². The van der Waals surface area contributed by atoms with Gasteiger partial charge in [0.25, 0.3) is 0 Å². The lowest BCUT2D eigenvalue weighted by Crippen LogP contribution is -2.34. The molecule has 28 heavy (non-hydrogen) atoms. The molecule has 0 aliphatic carbocycles. The Balaban J connectivity index is 1.50. The SMILES string of the molecule is CCn1cc(CN2CCC[C@H](c3nccnc3Oc3cccnc3C)C2)cn1. The van der Waals surface area contributed by atoms with Gasteiger partial charge in [-0.15, -0.1) is 0 Å². The van der Waals surface area contributed by atoms with Gasteiger partial charge in [-0.05, 0) is 45.4 Å². The van der Waals surface area contributed by atoms with Crippen LogP contribution >= 0.6 is 0 Å². The molecule has 0 spiro atoms. The molecule has 7 nitrogen and oxygen atoms in total. The minimum absolute atomic E-state index is 0.302. The van der Waals surface area contributed by atoms with Crippen LogP contribution < -0.4 is 4.74 Å². The molecule has 7 heteroatoms. The van der Waals surface area contributed by atoms with E-state index in [1.165, 1.54) is 5.56 Å². The van der Waals surface area contributed by atoms with Crippen molar-refractivity contribution in [3.05, 3.63) is 60.1 Å². The zero-order chi connectivity index (χ0) is 19.3. The molecule has 146 valence electrons. The molecular formula is C21H26N6O. The second-order valence-corrected chi connectivity index (χ2v) is 7.21. The fourth-order valence-electron chi connectivity index (χ4n) is 3.72. The first kappa shape index (κ1) is 18.6. The number of aryl methyl sites for hydroxylation is 2. The van der Waals surface area contributed by atoms with Crippen LogP contribution in [0, 0.1) is 6.92 Å². The molecule has 1 atom stereocenters. The predicted molar refractivity (Wildman–Crippen MR) is 106 cm³/mol. The maximum absolute atomic E-state index is 6.10. The number of hydrogen-bond acceptors (Lipinski definition) is 6. The Labute approximate surface area is 165 Å². The minimum atomic E-state index is 0.302.